The van der Waals surface area contributed by atoms with E-state index in [0.29, 0.717) is 12.6 Å². The largest absolute Gasteiger partial charge is 0.500 e. The number of carbonyl (C=O) groups excluding carboxylic acids is 1. The Bertz CT molecular complexity index is 371. The molecule has 6 nitrogen and oxygen atoms in total. The molecule has 0 atom stereocenters. The van der Waals surface area contributed by atoms with E-state index in [2.05, 4.69) is 19.2 Å². The van der Waals surface area contributed by atoms with Crippen molar-refractivity contribution in [2.24, 2.45) is 0 Å². The first-order valence-electron chi connectivity index (χ1n) is 12.3. The fourth-order valence-electron chi connectivity index (χ4n) is 3.65. The molecule has 0 heterocycles. The van der Waals surface area contributed by atoms with Crippen molar-refractivity contribution in [2.45, 2.75) is 103 Å². The van der Waals surface area contributed by atoms with Crippen molar-refractivity contribution >= 4 is 14.8 Å². The van der Waals surface area contributed by atoms with Gasteiger partial charge in [0.2, 0.25) is 0 Å². The number of nitrogens with one attached hydrogen (secondary N) is 1. The summed E-state index contributed by atoms with van der Waals surface area (Å²) in [6.45, 7) is 6.82. The predicted molar refractivity (Wildman–Crippen MR) is 128 cm³/mol. The molecular weight excluding hydrogens is 396 g/mol. The molecule has 0 unspecified atom stereocenters. The molecule has 0 aromatic heterocycles. The third-order valence-corrected chi connectivity index (χ3v) is 8.55. The van der Waals surface area contributed by atoms with Gasteiger partial charge in [0.05, 0.1) is 0 Å². The summed E-state index contributed by atoms with van der Waals surface area (Å²) in [7, 11) is 2.32. The number of amides is 2. The number of carbonyl (C=O) groups is 1. The fraction of sp³-hybridized carbons (Fsp3) is 0.957. The zero-order valence-corrected chi connectivity index (χ0v) is 21.6. The second kappa shape index (κ2) is 20.3. The molecule has 30 heavy (non-hydrogen) atoms. The van der Waals surface area contributed by atoms with Gasteiger partial charge in [-0.05, 0) is 19.3 Å². The van der Waals surface area contributed by atoms with E-state index in [1.54, 1.807) is 21.3 Å². The molecule has 0 aliphatic rings. The van der Waals surface area contributed by atoms with Gasteiger partial charge in [-0.15, -0.1) is 0 Å². The molecule has 0 fully saturated rings. The second-order valence-corrected chi connectivity index (χ2v) is 11.2. The molecule has 0 rings (SSSR count). The zero-order chi connectivity index (χ0) is 22.5. The number of unbranched alkanes of at least 4 members (excludes halogenated alkanes) is 10. The maximum Gasteiger partial charge on any atom is 0.500 e. The highest BCUT2D eigenvalue weighted by Gasteiger charge is 2.36. The average molecular weight is 447 g/mol. The summed E-state index contributed by atoms with van der Waals surface area (Å²) in [6, 6.07) is 0.766. The monoisotopic (exact) mass is 446 g/mol. The molecule has 0 aromatic carbocycles. The summed E-state index contributed by atoms with van der Waals surface area (Å²) in [6.07, 6.45) is 15.8. The van der Waals surface area contributed by atoms with Gasteiger partial charge in [0.15, 0.2) is 0 Å². The summed E-state index contributed by atoms with van der Waals surface area (Å²) in [5, 5.41) is 3.09. The first-order valence-corrected chi connectivity index (χ1v) is 14.2. The Morgan fingerprint density at radius 1 is 0.700 bits per heavy atom. The quantitative estimate of drug-likeness (QED) is 0.174. The van der Waals surface area contributed by atoms with Crippen LogP contribution in [0.5, 0.6) is 0 Å². The number of urea groups is 1. The van der Waals surface area contributed by atoms with Crippen LogP contribution in [0, 0.1) is 0 Å². The first kappa shape index (κ1) is 29.4. The Hall–Kier alpha value is -0.633. The first-order chi connectivity index (χ1) is 14.6. The van der Waals surface area contributed by atoms with Crippen LogP contribution >= 0.6 is 0 Å². The molecule has 0 spiro atoms. The van der Waals surface area contributed by atoms with Gasteiger partial charge in [-0.3, -0.25) is 0 Å². The van der Waals surface area contributed by atoms with Gasteiger partial charge in [0.1, 0.15) is 0 Å². The van der Waals surface area contributed by atoms with Crippen molar-refractivity contribution in [3.05, 3.63) is 0 Å². The maximum absolute atomic E-state index is 12.7. The number of nitrogens with zero attached hydrogens (tertiary/aromatic N) is 1. The third kappa shape index (κ3) is 14.4. The third-order valence-electron chi connectivity index (χ3n) is 5.72. The lowest BCUT2D eigenvalue weighted by atomic mass is 10.1. The van der Waals surface area contributed by atoms with Crippen LogP contribution in [0.15, 0.2) is 0 Å². The lowest BCUT2D eigenvalue weighted by molar-refractivity contribution is 0.123. The molecule has 0 saturated carbocycles. The van der Waals surface area contributed by atoms with E-state index >= 15 is 0 Å². The van der Waals surface area contributed by atoms with E-state index in [0.717, 1.165) is 32.4 Å². The molecule has 0 aliphatic heterocycles. The van der Waals surface area contributed by atoms with Crippen molar-refractivity contribution in [3.8, 4) is 0 Å². The lowest BCUT2D eigenvalue weighted by Gasteiger charge is -2.25. The highest BCUT2D eigenvalue weighted by Crippen LogP contribution is 2.14. The summed E-state index contributed by atoms with van der Waals surface area (Å²) in [5.41, 5.74) is 0. The van der Waals surface area contributed by atoms with Gasteiger partial charge in [-0.25, -0.2) is 4.79 Å². The molecule has 7 heteroatoms. The van der Waals surface area contributed by atoms with Crippen molar-refractivity contribution < 1.29 is 18.1 Å². The van der Waals surface area contributed by atoms with Gasteiger partial charge >= 0.3 is 14.8 Å². The lowest BCUT2D eigenvalue weighted by Crippen LogP contribution is -2.44. The molecule has 180 valence electrons. The van der Waals surface area contributed by atoms with Crippen LogP contribution in [0.1, 0.15) is 97.3 Å². The van der Waals surface area contributed by atoms with Crippen LogP contribution < -0.4 is 5.32 Å². The molecule has 0 aliphatic carbocycles. The topological polar surface area (TPSA) is 60.0 Å². The smallest absolute Gasteiger partial charge is 0.377 e. The molecule has 0 saturated heterocycles. The Labute approximate surface area is 187 Å². The minimum atomic E-state index is -2.56. The molecule has 0 aromatic rings. The number of rotatable bonds is 21. The summed E-state index contributed by atoms with van der Waals surface area (Å²) >= 11 is 0. The minimum absolute atomic E-state index is 0.0663. The number of hydrogen-bond acceptors (Lipinski definition) is 4. The Morgan fingerprint density at radius 2 is 1.13 bits per heavy atom. The van der Waals surface area contributed by atoms with E-state index in [9.17, 15) is 4.79 Å². The van der Waals surface area contributed by atoms with Crippen LogP contribution in [-0.4, -0.2) is 60.7 Å². The Kier molecular flexibility index (Phi) is 19.9. The average Bonchev–Trinajstić information content (AvgIpc) is 2.77. The SMILES string of the molecule is CCCCCCCCN(CCCCCCCC)C(=O)NCCC[Si](OC)(OC)OC. The summed E-state index contributed by atoms with van der Waals surface area (Å²) in [5.74, 6) is 0. The van der Waals surface area contributed by atoms with Crippen LogP contribution in [0.25, 0.3) is 0 Å². The Balaban J connectivity index is 4.32. The zero-order valence-electron chi connectivity index (χ0n) is 20.6. The fourth-order valence-corrected chi connectivity index (χ4v) is 5.37. The Morgan fingerprint density at radius 3 is 1.57 bits per heavy atom. The van der Waals surface area contributed by atoms with Gasteiger partial charge in [-0.1, -0.05) is 78.1 Å². The van der Waals surface area contributed by atoms with E-state index in [4.69, 9.17) is 13.3 Å². The van der Waals surface area contributed by atoms with Crippen LogP contribution in [0.3, 0.4) is 0 Å². The highest BCUT2D eigenvalue weighted by molar-refractivity contribution is 6.60. The van der Waals surface area contributed by atoms with E-state index < -0.39 is 8.80 Å². The second-order valence-electron chi connectivity index (χ2n) is 8.15. The predicted octanol–water partition coefficient (Wildman–Crippen LogP) is 5.99. The van der Waals surface area contributed by atoms with Crippen molar-refractivity contribution in [2.75, 3.05) is 41.0 Å². The van der Waals surface area contributed by atoms with Gasteiger partial charge in [0.25, 0.3) is 0 Å². The summed E-state index contributed by atoms with van der Waals surface area (Å²) in [4.78, 5) is 14.8. The van der Waals surface area contributed by atoms with E-state index in [1.165, 1.54) is 64.2 Å². The molecule has 0 radical (unpaired) electrons. The van der Waals surface area contributed by atoms with Gasteiger partial charge in [-0.2, -0.15) is 0 Å². The van der Waals surface area contributed by atoms with Crippen LogP contribution in [0.4, 0.5) is 4.79 Å². The molecule has 0 bridgehead atoms. The molecule has 1 N–H and O–H groups in total. The molecule has 2 amide bonds. The van der Waals surface area contributed by atoms with Gasteiger partial charge < -0.3 is 23.5 Å². The normalized spacial score (nSPS) is 11.6. The van der Waals surface area contributed by atoms with Crippen LogP contribution in [-0.2, 0) is 13.3 Å². The minimum Gasteiger partial charge on any atom is -0.377 e. The number of hydrogen-bond donors (Lipinski definition) is 1. The maximum atomic E-state index is 12.7. The van der Waals surface area contributed by atoms with Crippen LogP contribution in [0.2, 0.25) is 6.04 Å². The van der Waals surface area contributed by atoms with E-state index in [-0.39, 0.29) is 6.03 Å². The van der Waals surface area contributed by atoms with Crippen molar-refractivity contribution in [3.63, 3.8) is 0 Å². The van der Waals surface area contributed by atoms with E-state index in [1.807, 2.05) is 4.90 Å². The van der Waals surface area contributed by atoms with Gasteiger partial charge in [0, 0.05) is 47.0 Å². The van der Waals surface area contributed by atoms with Crippen molar-refractivity contribution in [1.29, 1.82) is 0 Å². The molecular formula is C23H50N2O4Si. The standard InChI is InChI=1S/C23H50N2O4Si/c1-6-8-10-12-14-16-20-25(21-17-15-13-11-9-7-2)23(26)24-19-18-22-30(27-3,28-4)29-5/h6-22H2,1-5H3,(H,24,26). The highest BCUT2D eigenvalue weighted by atomic mass is 28.4. The summed E-state index contributed by atoms with van der Waals surface area (Å²) < 4.78 is 16.3. The van der Waals surface area contributed by atoms with Crippen molar-refractivity contribution in [1.82, 2.24) is 10.2 Å².